The second-order valence-corrected chi connectivity index (χ2v) is 4.15. The van der Waals surface area contributed by atoms with E-state index in [1.54, 1.807) is 6.92 Å². The quantitative estimate of drug-likeness (QED) is 0.650. The molecule has 0 fully saturated rings. The van der Waals surface area contributed by atoms with Gasteiger partial charge in [0.2, 0.25) is 0 Å². The normalized spacial score (nSPS) is 12.2. The second kappa shape index (κ2) is 5.18. The zero-order valence-electron chi connectivity index (χ0n) is 8.82. The van der Waals surface area contributed by atoms with Gasteiger partial charge in [-0.05, 0) is 24.6 Å². The van der Waals surface area contributed by atoms with Crippen LogP contribution in [0.15, 0.2) is 12.1 Å². The summed E-state index contributed by atoms with van der Waals surface area (Å²) in [4.78, 5) is 11.3. The number of hydrogen-bond acceptors (Lipinski definition) is 3. The molecule has 1 aromatic rings. The maximum absolute atomic E-state index is 13.4. The van der Waals surface area contributed by atoms with Crippen LogP contribution in [0.3, 0.4) is 0 Å². The number of benzene rings is 1. The molecule has 88 valence electrons. The first-order valence-electron chi connectivity index (χ1n) is 4.40. The molecule has 0 heterocycles. The Labute approximate surface area is 94.7 Å². The lowest BCUT2D eigenvalue weighted by atomic mass is 10.1. The lowest BCUT2D eigenvalue weighted by molar-refractivity contribution is 0.0599. The molecule has 0 saturated heterocycles. The van der Waals surface area contributed by atoms with Crippen LogP contribution in [0.2, 0.25) is 0 Å². The van der Waals surface area contributed by atoms with Crippen LogP contribution in [-0.4, -0.2) is 21.8 Å². The molecule has 0 aromatic heterocycles. The zero-order chi connectivity index (χ0) is 12.3. The standard InChI is InChI=1S/C10H11FO4S/c1-6-3-9(11)7(5-16(13)14)4-8(6)10(12)15-2/h3-4H,5H2,1-2H3,(H,13,14). The summed E-state index contributed by atoms with van der Waals surface area (Å²) in [5, 5.41) is 0. The summed E-state index contributed by atoms with van der Waals surface area (Å²) in [6, 6.07) is 2.39. The SMILES string of the molecule is COC(=O)c1cc(CS(=O)O)c(F)cc1C. The van der Waals surface area contributed by atoms with Gasteiger partial charge in [-0.3, -0.25) is 0 Å². The number of carbonyl (C=O) groups excluding carboxylic acids is 1. The third-order valence-corrected chi connectivity index (χ3v) is 2.64. The number of methoxy groups -OCH3 is 1. The van der Waals surface area contributed by atoms with E-state index in [0.29, 0.717) is 5.56 Å². The highest BCUT2D eigenvalue weighted by atomic mass is 32.2. The van der Waals surface area contributed by atoms with Gasteiger partial charge in [0, 0.05) is 5.56 Å². The molecule has 0 aliphatic carbocycles. The Morgan fingerprint density at radius 2 is 2.19 bits per heavy atom. The fraction of sp³-hybridized carbons (Fsp3) is 0.300. The predicted molar refractivity (Wildman–Crippen MR) is 57.0 cm³/mol. The average Bonchev–Trinajstić information content (AvgIpc) is 2.20. The number of rotatable bonds is 3. The first-order chi connectivity index (χ1) is 7.45. The molecule has 1 aromatic carbocycles. The van der Waals surface area contributed by atoms with Gasteiger partial charge >= 0.3 is 5.97 Å². The van der Waals surface area contributed by atoms with E-state index in [1.165, 1.54) is 13.2 Å². The van der Waals surface area contributed by atoms with Crippen molar-refractivity contribution in [1.82, 2.24) is 0 Å². The topological polar surface area (TPSA) is 63.6 Å². The van der Waals surface area contributed by atoms with E-state index in [9.17, 15) is 13.4 Å². The molecule has 0 spiro atoms. The van der Waals surface area contributed by atoms with E-state index in [2.05, 4.69) is 4.74 Å². The molecule has 4 nitrogen and oxygen atoms in total. The van der Waals surface area contributed by atoms with Gasteiger partial charge in [-0.2, -0.15) is 0 Å². The number of halogens is 1. The molecule has 0 amide bonds. The lowest BCUT2D eigenvalue weighted by Crippen LogP contribution is -2.07. The number of aryl methyl sites for hydroxylation is 1. The number of hydrogen-bond donors (Lipinski definition) is 1. The van der Waals surface area contributed by atoms with Crippen LogP contribution in [0.4, 0.5) is 4.39 Å². The van der Waals surface area contributed by atoms with Crippen molar-refractivity contribution < 1.29 is 22.7 Å². The van der Waals surface area contributed by atoms with Gasteiger partial charge in [-0.25, -0.2) is 13.4 Å². The summed E-state index contributed by atoms with van der Waals surface area (Å²) in [7, 11) is 1.22. The van der Waals surface area contributed by atoms with E-state index in [0.717, 1.165) is 6.07 Å². The van der Waals surface area contributed by atoms with Crippen molar-refractivity contribution in [2.24, 2.45) is 0 Å². The first-order valence-corrected chi connectivity index (χ1v) is 5.68. The van der Waals surface area contributed by atoms with E-state index in [4.69, 9.17) is 4.55 Å². The van der Waals surface area contributed by atoms with Crippen molar-refractivity contribution >= 4 is 17.0 Å². The van der Waals surface area contributed by atoms with Gasteiger partial charge in [0.05, 0.1) is 18.4 Å². The highest BCUT2D eigenvalue weighted by Crippen LogP contribution is 2.17. The molecule has 6 heteroatoms. The van der Waals surface area contributed by atoms with Gasteiger partial charge < -0.3 is 9.29 Å². The smallest absolute Gasteiger partial charge is 0.338 e. The van der Waals surface area contributed by atoms with E-state index in [1.807, 2.05) is 0 Å². The summed E-state index contributed by atoms with van der Waals surface area (Å²) in [6.45, 7) is 1.56. The Morgan fingerprint density at radius 1 is 1.56 bits per heavy atom. The van der Waals surface area contributed by atoms with Crippen molar-refractivity contribution in [2.45, 2.75) is 12.7 Å². The minimum atomic E-state index is -2.15. The van der Waals surface area contributed by atoms with Crippen molar-refractivity contribution in [3.63, 3.8) is 0 Å². The van der Waals surface area contributed by atoms with Crippen molar-refractivity contribution in [2.75, 3.05) is 7.11 Å². The van der Waals surface area contributed by atoms with Crippen molar-refractivity contribution in [3.05, 3.63) is 34.6 Å². The van der Waals surface area contributed by atoms with Gasteiger partial charge in [0.1, 0.15) is 5.82 Å². The second-order valence-electron chi connectivity index (χ2n) is 3.22. The van der Waals surface area contributed by atoms with E-state index in [-0.39, 0.29) is 16.9 Å². The first kappa shape index (κ1) is 12.8. The Balaban J connectivity index is 3.21. The molecule has 0 bridgehead atoms. The van der Waals surface area contributed by atoms with Crippen LogP contribution >= 0.6 is 0 Å². The molecule has 0 saturated carbocycles. The van der Waals surface area contributed by atoms with Crippen molar-refractivity contribution in [3.8, 4) is 0 Å². The summed E-state index contributed by atoms with van der Waals surface area (Å²) >= 11 is -2.15. The van der Waals surface area contributed by atoms with Gasteiger partial charge in [-0.1, -0.05) is 0 Å². The molecule has 16 heavy (non-hydrogen) atoms. The van der Waals surface area contributed by atoms with Gasteiger partial charge in [0.15, 0.2) is 11.1 Å². The zero-order valence-corrected chi connectivity index (χ0v) is 9.64. The highest BCUT2D eigenvalue weighted by Gasteiger charge is 2.14. The monoisotopic (exact) mass is 246 g/mol. The minimum absolute atomic E-state index is 0.0202. The minimum Gasteiger partial charge on any atom is -0.465 e. The number of ether oxygens (including phenoxy) is 1. The molecule has 1 unspecified atom stereocenters. The Kier molecular flexibility index (Phi) is 4.14. The predicted octanol–water partition coefficient (Wildman–Crippen LogP) is 1.64. The number of carbonyl (C=O) groups is 1. The van der Waals surface area contributed by atoms with E-state index >= 15 is 0 Å². The molecule has 0 radical (unpaired) electrons. The van der Waals surface area contributed by atoms with Crippen LogP contribution in [0.1, 0.15) is 21.5 Å². The third kappa shape index (κ3) is 2.86. The summed E-state index contributed by atoms with van der Waals surface area (Å²) in [5.74, 6) is -1.55. The van der Waals surface area contributed by atoms with E-state index < -0.39 is 22.9 Å². The van der Waals surface area contributed by atoms with Crippen molar-refractivity contribution in [1.29, 1.82) is 0 Å². The summed E-state index contributed by atoms with van der Waals surface area (Å²) in [5.41, 5.74) is 0.646. The molecule has 0 aliphatic heterocycles. The Morgan fingerprint density at radius 3 is 2.69 bits per heavy atom. The van der Waals surface area contributed by atoms with Crippen LogP contribution in [-0.2, 0) is 21.6 Å². The molecule has 1 rings (SSSR count). The van der Waals surface area contributed by atoms with Crippen LogP contribution in [0.5, 0.6) is 0 Å². The Hall–Kier alpha value is -1.27. The van der Waals surface area contributed by atoms with Gasteiger partial charge in [-0.15, -0.1) is 0 Å². The van der Waals surface area contributed by atoms with Gasteiger partial charge in [0.25, 0.3) is 0 Å². The maximum atomic E-state index is 13.4. The summed E-state index contributed by atoms with van der Waals surface area (Å²) < 4.78 is 37.1. The van der Waals surface area contributed by atoms with Crippen LogP contribution < -0.4 is 0 Å². The molecule has 0 aliphatic rings. The van der Waals surface area contributed by atoms with Crippen LogP contribution in [0, 0.1) is 12.7 Å². The fourth-order valence-corrected chi connectivity index (χ4v) is 1.78. The maximum Gasteiger partial charge on any atom is 0.338 e. The molecule has 1 atom stereocenters. The molecule has 1 N–H and O–H groups in total. The summed E-state index contributed by atoms with van der Waals surface area (Å²) in [6.07, 6.45) is 0. The molecular weight excluding hydrogens is 235 g/mol. The lowest BCUT2D eigenvalue weighted by Gasteiger charge is -2.07. The largest absolute Gasteiger partial charge is 0.465 e. The van der Waals surface area contributed by atoms with Crippen LogP contribution in [0.25, 0.3) is 0 Å². The third-order valence-electron chi connectivity index (χ3n) is 2.08. The highest BCUT2D eigenvalue weighted by molar-refractivity contribution is 7.78. The number of esters is 1. The fourth-order valence-electron chi connectivity index (χ4n) is 1.29. The average molecular weight is 246 g/mol. The molecular formula is C10H11FO4S. The Bertz CT molecular complexity index is 445.